The van der Waals surface area contributed by atoms with Crippen LogP contribution in [-0.2, 0) is 14.6 Å². The molecule has 108 valence electrons. The largest absolute Gasteiger partial charge is 0.480 e. The number of carboxylic acids is 1. The van der Waals surface area contributed by atoms with Crippen molar-refractivity contribution < 1.29 is 23.1 Å². The number of likely N-dealkylation sites (tertiary alicyclic amines) is 1. The van der Waals surface area contributed by atoms with E-state index < -0.39 is 33.9 Å². The van der Waals surface area contributed by atoms with E-state index in [1.165, 1.54) is 4.90 Å². The topological polar surface area (TPSA) is 104 Å². The highest BCUT2D eigenvalue weighted by molar-refractivity contribution is 7.91. The minimum absolute atomic E-state index is 0.0513. The van der Waals surface area contributed by atoms with Gasteiger partial charge in [-0.25, -0.2) is 18.0 Å². The van der Waals surface area contributed by atoms with Crippen molar-refractivity contribution in [2.45, 2.75) is 37.8 Å². The summed E-state index contributed by atoms with van der Waals surface area (Å²) in [6.07, 6.45) is 2.42. The number of aliphatic carboxylic acids is 1. The van der Waals surface area contributed by atoms with E-state index in [1.807, 2.05) is 0 Å². The Morgan fingerprint density at radius 2 is 1.95 bits per heavy atom. The zero-order valence-corrected chi connectivity index (χ0v) is 11.4. The molecule has 2 rings (SSSR count). The van der Waals surface area contributed by atoms with Crippen LogP contribution in [0.15, 0.2) is 0 Å². The van der Waals surface area contributed by atoms with Gasteiger partial charge < -0.3 is 15.3 Å². The van der Waals surface area contributed by atoms with Crippen molar-refractivity contribution in [3.8, 4) is 0 Å². The Labute approximate surface area is 111 Å². The number of carbonyl (C=O) groups excluding carboxylic acids is 1. The minimum Gasteiger partial charge on any atom is -0.480 e. The van der Waals surface area contributed by atoms with Crippen LogP contribution in [0.4, 0.5) is 4.79 Å². The van der Waals surface area contributed by atoms with Gasteiger partial charge in [0.25, 0.3) is 0 Å². The van der Waals surface area contributed by atoms with Crippen LogP contribution in [0, 0.1) is 0 Å². The van der Waals surface area contributed by atoms with Gasteiger partial charge in [-0.05, 0) is 25.7 Å². The third-order valence-electron chi connectivity index (χ3n) is 3.61. The minimum atomic E-state index is -3.05. The first-order valence-corrected chi connectivity index (χ1v) is 8.21. The van der Waals surface area contributed by atoms with Crippen molar-refractivity contribution in [2.75, 3.05) is 18.1 Å². The number of sulfone groups is 1. The van der Waals surface area contributed by atoms with Gasteiger partial charge in [-0.3, -0.25) is 0 Å². The standard InChI is InChI=1S/C11H18N2O5S/c14-10(15)9-3-1-2-5-13(9)11(16)12-8-4-6-19(17,18)7-8/h8-9H,1-7H2,(H,12,16)(H,14,15). The summed E-state index contributed by atoms with van der Waals surface area (Å²) in [5, 5.41) is 11.7. The van der Waals surface area contributed by atoms with Crippen molar-refractivity contribution in [3.05, 3.63) is 0 Å². The second-order valence-corrected chi connectivity index (χ2v) is 7.32. The van der Waals surface area contributed by atoms with E-state index in [2.05, 4.69) is 5.32 Å². The molecule has 0 spiro atoms. The number of amides is 2. The molecule has 2 atom stereocenters. The summed E-state index contributed by atoms with van der Waals surface area (Å²) in [7, 11) is -3.05. The molecule has 2 fully saturated rings. The lowest BCUT2D eigenvalue weighted by Gasteiger charge is -2.33. The van der Waals surface area contributed by atoms with Gasteiger partial charge in [0.05, 0.1) is 11.5 Å². The Bertz CT molecular complexity index is 475. The van der Waals surface area contributed by atoms with Crippen LogP contribution in [0.5, 0.6) is 0 Å². The number of nitrogens with zero attached hydrogens (tertiary/aromatic N) is 1. The Hall–Kier alpha value is -1.31. The second kappa shape index (κ2) is 5.36. The highest BCUT2D eigenvalue weighted by atomic mass is 32.2. The fraction of sp³-hybridized carbons (Fsp3) is 0.818. The van der Waals surface area contributed by atoms with E-state index in [0.717, 1.165) is 12.8 Å². The molecule has 2 aliphatic heterocycles. The first-order valence-electron chi connectivity index (χ1n) is 6.39. The maximum absolute atomic E-state index is 12.0. The maximum Gasteiger partial charge on any atom is 0.326 e. The summed E-state index contributed by atoms with van der Waals surface area (Å²) in [5.41, 5.74) is 0. The molecule has 2 saturated heterocycles. The Morgan fingerprint density at radius 3 is 2.53 bits per heavy atom. The summed E-state index contributed by atoms with van der Waals surface area (Å²) in [6.45, 7) is 0.405. The van der Waals surface area contributed by atoms with Gasteiger partial charge >= 0.3 is 12.0 Å². The third-order valence-corrected chi connectivity index (χ3v) is 5.38. The number of piperidine rings is 1. The highest BCUT2D eigenvalue weighted by Gasteiger charge is 2.35. The molecule has 2 amide bonds. The van der Waals surface area contributed by atoms with Crippen LogP contribution in [0.2, 0.25) is 0 Å². The Kier molecular flexibility index (Phi) is 3.98. The van der Waals surface area contributed by atoms with Crippen LogP contribution in [-0.4, -0.2) is 60.6 Å². The summed E-state index contributed by atoms with van der Waals surface area (Å²) < 4.78 is 22.6. The van der Waals surface area contributed by atoms with Crippen molar-refractivity contribution in [2.24, 2.45) is 0 Å². The molecular weight excluding hydrogens is 272 g/mol. The van der Waals surface area contributed by atoms with Crippen LogP contribution in [0.3, 0.4) is 0 Å². The lowest BCUT2D eigenvalue weighted by atomic mass is 10.0. The quantitative estimate of drug-likeness (QED) is 0.734. The number of nitrogens with one attached hydrogen (secondary N) is 1. The van der Waals surface area contributed by atoms with Crippen LogP contribution < -0.4 is 5.32 Å². The lowest BCUT2D eigenvalue weighted by molar-refractivity contribution is -0.143. The molecule has 19 heavy (non-hydrogen) atoms. The Balaban J connectivity index is 1.97. The summed E-state index contributed by atoms with van der Waals surface area (Å²) in [5.74, 6) is -0.973. The molecule has 2 N–H and O–H groups in total. The molecule has 0 radical (unpaired) electrons. The molecule has 0 aromatic heterocycles. The number of hydrogen-bond acceptors (Lipinski definition) is 4. The van der Waals surface area contributed by atoms with E-state index in [-0.39, 0.29) is 11.5 Å². The number of hydrogen-bond donors (Lipinski definition) is 2. The van der Waals surface area contributed by atoms with E-state index in [0.29, 0.717) is 19.4 Å². The van der Waals surface area contributed by atoms with Gasteiger partial charge in [0.2, 0.25) is 0 Å². The van der Waals surface area contributed by atoms with Gasteiger partial charge in [-0.15, -0.1) is 0 Å². The molecule has 0 aromatic carbocycles. The van der Waals surface area contributed by atoms with Gasteiger partial charge in [-0.1, -0.05) is 0 Å². The van der Waals surface area contributed by atoms with E-state index >= 15 is 0 Å². The van der Waals surface area contributed by atoms with Crippen molar-refractivity contribution in [3.63, 3.8) is 0 Å². The first kappa shape index (κ1) is 14.1. The normalized spacial score (nSPS) is 30.0. The Morgan fingerprint density at radius 1 is 1.21 bits per heavy atom. The SMILES string of the molecule is O=C(O)C1CCCCN1C(=O)NC1CCS(=O)(=O)C1. The average molecular weight is 290 g/mol. The van der Waals surface area contributed by atoms with Crippen molar-refractivity contribution in [1.29, 1.82) is 0 Å². The fourth-order valence-corrected chi connectivity index (χ4v) is 4.27. The predicted octanol–water partition coefficient (Wildman–Crippen LogP) is -0.178. The van der Waals surface area contributed by atoms with Crippen LogP contribution in [0.1, 0.15) is 25.7 Å². The fourth-order valence-electron chi connectivity index (χ4n) is 2.60. The summed E-state index contributed by atoms with van der Waals surface area (Å²) in [4.78, 5) is 24.4. The highest BCUT2D eigenvalue weighted by Crippen LogP contribution is 2.18. The lowest BCUT2D eigenvalue weighted by Crippen LogP contribution is -2.54. The van der Waals surface area contributed by atoms with Crippen LogP contribution in [0.25, 0.3) is 0 Å². The predicted molar refractivity (Wildman–Crippen MR) is 67.6 cm³/mol. The number of carbonyl (C=O) groups is 2. The van der Waals surface area contributed by atoms with E-state index in [9.17, 15) is 18.0 Å². The average Bonchev–Trinajstić information content (AvgIpc) is 2.68. The number of carboxylic acid groups (broad SMARTS) is 1. The second-order valence-electron chi connectivity index (χ2n) is 5.09. The third kappa shape index (κ3) is 3.37. The molecule has 2 unspecified atom stereocenters. The molecule has 0 saturated carbocycles. The maximum atomic E-state index is 12.0. The number of rotatable bonds is 2. The van der Waals surface area contributed by atoms with Gasteiger partial charge in [0.1, 0.15) is 6.04 Å². The van der Waals surface area contributed by atoms with Crippen molar-refractivity contribution >= 4 is 21.8 Å². The number of urea groups is 1. The molecule has 0 bridgehead atoms. The smallest absolute Gasteiger partial charge is 0.326 e. The first-order chi connectivity index (χ1) is 8.89. The van der Waals surface area contributed by atoms with Gasteiger partial charge in [0.15, 0.2) is 9.84 Å². The zero-order valence-electron chi connectivity index (χ0n) is 10.5. The molecule has 2 aliphatic rings. The van der Waals surface area contributed by atoms with Crippen molar-refractivity contribution in [1.82, 2.24) is 10.2 Å². The summed E-state index contributed by atoms with van der Waals surface area (Å²) in [6, 6.07) is -1.66. The molecule has 2 heterocycles. The van der Waals surface area contributed by atoms with Gasteiger partial charge in [0, 0.05) is 12.6 Å². The van der Waals surface area contributed by atoms with E-state index in [4.69, 9.17) is 5.11 Å². The van der Waals surface area contributed by atoms with Gasteiger partial charge in [-0.2, -0.15) is 0 Å². The molecule has 0 aromatic rings. The zero-order chi connectivity index (χ0) is 14.0. The molecule has 8 heteroatoms. The van der Waals surface area contributed by atoms with E-state index in [1.54, 1.807) is 0 Å². The molecule has 0 aliphatic carbocycles. The van der Waals surface area contributed by atoms with Crippen LogP contribution >= 0.6 is 0 Å². The summed E-state index contributed by atoms with van der Waals surface area (Å²) >= 11 is 0. The molecular formula is C11H18N2O5S. The molecule has 7 nitrogen and oxygen atoms in total. The monoisotopic (exact) mass is 290 g/mol.